The number of aliphatic hydroxyl groups excluding tert-OH is 1. The maximum absolute atomic E-state index is 9.45. The molecule has 1 aromatic carbocycles. The molecule has 0 fully saturated rings. The molecule has 0 heterocycles. The number of benzene rings is 1. The zero-order valence-corrected chi connectivity index (χ0v) is 8.08. The number of aliphatic hydroxyl groups is 1. The normalized spacial score (nSPS) is 12.1. The van der Waals surface area contributed by atoms with Crippen LogP contribution < -0.4 is 0 Å². The molecule has 12 heavy (non-hydrogen) atoms. The molecular weight excluding hydrogens is 216 g/mol. The first-order valence-electron chi connectivity index (χ1n) is 3.61. The third-order valence-corrected chi connectivity index (χ3v) is 2.09. The minimum atomic E-state index is -0.539. The van der Waals surface area contributed by atoms with E-state index in [-0.39, 0.29) is 0 Å². The summed E-state index contributed by atoms with van der Waals surface area (Å²) in [4.78, 5) is 0. The monoisotopic (exact) mass is 224 g/mol. The third kappa shape index (κ3) is 2.37. The number of hydrogen-bond acceptors (Lipinski definition) is 1. The highest BCUT2D eigenvalue weighted by atomic mass is 79.9. The van der Waals surface area contributed by atoms with E-state index in [0.29, 0.717) is 6.42 Å². The summed E-state index contributed by atoms with van der Waals surface area (Å²) >= 11 is 3.31. The molecule has 0 unspecified atom stereocenters. The lowest BCUT2D eigenvalue weighted by Crippen LogP contribution is -1.94. The molecule has 0 aliphatic rings. The van der Waals surface area contributed by atoms with Crippen LogP contribution in [0, 0.1) is 12.3 Å². The van der Waals surface area contributed by atoms with Gasteiger partial charge in [0.1, 0.15) is 0 Å². The highest BCUT2D eigenvalue weighted by molar-refractivity contribution is 9.10. The van der Waals surface area contributed by atoms with Crippen LogP contribution in [-0.4, -0.2) is 5.11 Å². The van der Waals surface area contributed by atoms with Gasteiger partial charge < -0.3 is 5.11 Å². The van der Waals surface area contributed by atoms with E-state index in [1.54, 1.807) is 0 Å². The molecule has 1 aromatic rings. The highest BCUT2D eigenvalue weighted by Gasteiger charge is 2.03. The van der Waals surface area contributed by atoms with Crippen molar-refractivity contribution < 1.29 is 5.11 Å². The van der Waals surface area contributed by atoms with Crippen LogP contribution in [0.2, 0.25) is 0 Å². The molecule has 0 amide bonds. The number of hydrogen-bond donors (Lipinski definition) is 1. The minimum Gasteiger partial charge on any atom is -0.387 e. The Morgan fingerprint density at radius 2 is 2.00 bits per heavy atom. The van der Waals surface area contributed by atoms with Gasteiger partial charge in [0.15, 0.2) is 0 Å². The Bertz CT molecular complexity index is 284. The fourth-order valence-electron chi connectivity index (χ4n) is 0.914. The molecule has 0 aromatic heterocycles. The Balaban J connectivity index is 2.76. The molecule has 0 aliphatic heterocycles. The van der Waals surface area contributed by atoms with Crippen molar-refractivity contribution in [2.45, 2.75) is 12.5 Å². The van der Waals surface area contributed by atoms with Crippen molar-refractivity contribution in [2.75, 3.05) is 0 Å². The topological polar surface area (TPSA) is 20.2 Å². The second-order valence-electron chi connectivity index (χ2n) is 2.48. The zero-order chi connectivity index (χ0) is 8.97. The van der Waals surface area contributed by atoms with E-state index in [2.05, 4.69) is 21.9 Å². The van der Waals surface area contributed by atoms with Crippen molar-refractivity contribution in [3.05, 3.63) is 34.3 Å². The summed E-state index contributed by atoms with van der Waals surface area (Å²) in [5.74, 6) is 2.42. The molecule has 1 nitrogen and oxygen atoms in total. The summed E-state index contributed by atoms with van der Waals surface area (Å²) in [5.41, 5.74) is 0.858. The van der Waals surface area contributed by atoms with Gasteiger partial charge in [0.25, 0.3) is 0 Å². The molecule has 0 bridgehead atoms. The molecule has 0 spiro atoms. The van der Waals surface area contributed by atoms with Crippen LogP contribution in [0.5, 0.6) is 0 Å². The van der Waals surface area contributed by atoms with E-state index in [0.717, 1.165) is 10.0 Å². The Labute approximate surface area is 80.6 Å². The molecule has 2 heteroatoms. The van der Waals surface area contributed by atoms with E-state index in [4.69, 9.17) is 6.42 Å². The summed E-state index contributed by atoms with van der Waals surface area (Å²) in [7, 11) is 0. The molecule has 1 atom stereocenters. The van der Waals surface area contributed by atoms with E-state index >= 15 is 0 Å². The molecule has 0 radical (unpaired) electrons. The number of terminal acetylenes is 1. The van der Waals surface area contributed by atoms with Crippen LogP contribution in [0.15, 0.2) is 28.7 Å². The van der Waals surface area contributed by atoms with Crippen LogP contribution >= 0.6 is 15.9 Å². The van der Waals surface area contributed by atoms with Crippen molar-refractivity contribution in [3.63, 3.8) is 0 Å². The van der Waals surface area contributed by atoms with Crippen molar-refractivity contribution in [3.8, 4) is 12.3 Å². The summed E-state index contributed by atoms with van der Waals surface area (Å²) in [6, 6.07) is 7.47. The molecule has 1 N–H and O–H groups in total. The summed E-state index contributed by atoms with van der Waals surface area (Å²) in [6.07, 6.45) is 4.90. The van der Waals surface area contributed by atoms with Gasteiger partial charge in [-0.1, -0.05) is 28.1 Å². The maximum Gasteiger partial charge on any atom is 0.0899 e. The second-order valence-corrected chi connectivity index (χ2v) is 3.39. The molecule has 0 aliphatic carbocycles. The van der Waals surface area contributed by atoms with Gasteiger partial charge in [-0.25, -0.2) is 0 Å². The Morgan fingerprint density at radius 3 is 2.50 bits per heavy atom. The Morgan fingerprint density at radius 1 is 1.42 bits per heavy atom. The van der Waals surface area contributed by atoms with E-state index in [1.165, 1.54) is 0 Å². The molecule has 0 saturated heterocycles. The maximum atomic E-state index is 9.45. The lowest BCUT2D eigenvalue weighted by atomic mass is 10.1. The van der Waals surface area contributed by atoms with Crippen LogP contribution in [0.4, 0.5) is 0 Å². The first-order chi connectivity index (χ1) is 5.74. The van der Waals surface area contributed by atoms with Gasteiger partial charge in [0.05, 0.1) is 6.10 Å². The predicted molar refractivity (Wildman–Crippen MR) is 52.6 cm³/mol. The summed E-state index contributed by atoms with van der Waals surface area (Å²) in [6.45, 7) is 0. The fourth-order valence-corrected chi connectivity index (χ4v) is 1.18. The first-order valence-corrected chi connectivity index (χ1v) is 4.40. The smallest absolute Gasteiger partial charge is 0.0899 e. The highest BCUT2D eigenvalue weighted by Crippen LogP contribution is 2.18. The van der Waals surface area contributed by atoms with Gasteiger partial charge >= 0.3 is 0 Å². The molecular formula is C10H9BrO. The lowest BCUT2D eigenvalue weighted by molar-refractivity contribution is 0.184. The van der Waals surface area contributed by atoms with Crippen LogP contribution in [-0.2, 0) is 0 Å². The second kappa shape index (κ2) is 4.30. The van der Waals surface area contributed by atoms with Crippen molar-refractivity contribution >= 4 is 15.9 Å². The molecule has 0 saturated carbocycles. The quantitative estimate of drug-likeness (QED) is 0.766. The number of halogens is 1. The van der Waals surface area contributed by atoms with Gasteiger partial charge in [0.2, 0.25) is 0 Å². The molecule has 62 valence electrons. The summed E-state index contributed by atoms with van der Waals surface area (Å²) in [5, 5.41) is 9.45. The van der Waals surface area contributed by atoms with Crippen LogP contribution in [0.25, 0.3) is 0 Å². The van der Waals surface area contributed by atoms with Crippen LogP contribution in [0.3, 0.4) is 0 Å². The SMILES string of the molecule is C#CC[C@H](O)c1ccc(Br)cc1. The Kier molecular flexibility index (Phi) is 3.33. The van der Waals surface area contributed by atoms with Crippen molar-refractivity contribution in [1.29, 1.82) is 0 Å². The van der Waals surface area contributed by atoms with E-state index < -0.39 is 6.10 Å². The summed E-state index contributed by atoms with van der Waals surface area (Å²) < 4.78 is 0.999. The Hall–Kier alpha value is -0.780. The van der Waals surface area contributed by atoms with E-state index in [9.17, 15) is 5.11 Å². The average molecular weight is 225 g/mol. The predicted octanol–water partition coefficient (Wildman–Crippen LogP) is 2.51. The van der Waals surface area contributed by atoms with Gasteiger partial charge in [-0.3, -0.25) is 0 Å². The zero-order valence-electron chi connectivity index (χ0n) is 6.50. The molecule has 1 rings (SSSR count). The van der Waals surface area contributed by atoms with Gasteiger partial charge in [-0.2, -0.15) is 0 Å². The van der Waals surface area contributed by atoms with Crippen molar-refractivity contribution in [1.82, 2.24) is 0 Å². The van der Waals surface area contributed by atoms with Crippen LogP contribution in [0.1, 0.15) is 18.1 Å². The first kappa shape index (κ1) is 9.31. The largest absolute Gasteiger partial charge is 0.387 e. The third-order valence-electron chi connectivity index (χ3n) is 1.57. The van der Waals surface area contributed by atoms with Gasteiger partial charge in [-0.05, 0) is 17.7 Å². The minimum absolute atomic E-state index is 0.363. The van der Waals surface area contributed by atoms with Gasteiger partial charge in [0, 0.05) is 10.9 Å². The fraction of sp³-hybridized carbons (Fsp3) is 0.200. The number of rotatable bonds is 2. The van der Waals surface area contributed by atoms with Gasteiger partial charge in [-0.15, -0.1) is 12.3 Å². The van der Waals surface area contributed by atoms with Crippen molar-refractivity contribution in [2.24, 2.45) is 0 Å². The average Bonchev–Trinajstić information content (AvgIpc) is 2.06. The standard InChI is InChI=1S/C10H9BrO/c1-2-3-10(12)8-4-6-9(11)7-5-8/h1,4-7,10,12H,3H2/t10-/m0/s1. The lowest BCUT2D eigenvalue weighted by Gasteiger charge is -2.06. The van der Waals surface area contributed by atoms with E-state index in [1.807, 2.05) is 24.3 Å².